The fourth-order valence-corrected chi connectivity index (χ4v) is 4.70. The lowest BCUT2D eigenvalue weighted by atomic mass is 10.0. The molecule has 4 heterocycles. The van der Waals surface area contributed by atoms with Gasteiger partial charge in [-0.3, -0.25) is 9.88 Å². The first-order valence-electron chi connectivity index (χ1n) is 11.8. The number of nitrogens with zero attached hydrogens (tertiary/aromatic N) is 5. The monoisotopic (exact) mass is 432 g/mol. The zero-order valence-corrected chi connectivity index (χ0v) is 19.0. The van der Waals surface area contributed by atoms with Gasteiger partial charge < -0.3 is 10.2 Å². The van der Waals surface area contributed by atoms with Crippen LogP contribution in [0, 0.1) is 0 Å². The summed E-state index contributed by atoms with van der Waals surface area (Å²) in [6, 6.07) is 8.97. The van der Waals surface area contributed by atoms with Gasteiger partial charge in [-0.15, -0.1) is 0 Å². The van der Waals surface area contributed by atoms with Crippen LogP contribution in [0.1, 0.15) is 38.7 Å². The van der Waals surface area contributed by atoms with Crippen molar-refractivity contribution >= 4 is 16.9 Å². The molecule has 0 spiro atoms. The molecule has 3 aromatic rings. The normalized spacial score (nSPS) is 18.2. The minimum absolute atomic E-state index is 0.144. The molecule has 0 unspecified atom stereocenters. The summed E-state index contributed by atoms with van der Waals surface area (Å²) in [6.45, 7) is 9.80. The average Bonchev–Trinajstić information content (AvgIpc) is 3.20. The van der Waals surface area contributed by atoms with Crippen LogP contribution in [0.15, 0.2) is 42.9 Å². The second-order valence-corrected chi connectivity index (χ2v) is 9.40. The number of fused-ring (bicyclic) bond motifs is 1. The van der Waals surface area contributed by atoms with Crippen molar-refractivity contribution in [3.8, 4) is 11.1 Å². The average molecular weight is 433 g/mol. The maximum atomic E-state index is 12.9. The first kappa shape index (κ1) is 21.1. The van der Waals surface area contributed by atoms with Gasteiger partial charge in [0.05, 0.1) is 11.7 Å². The molecule has 0 atom stereocenters. The Morgan fingerprint density at radius 3 is 2.59 bits per heavy atom. The van der Waals surface area contributed by atoms with E-state index in [9.17, 15) is 4.79 Å². The highest BCUT2D eigenvalue weighted by Gasteiger charge is 2.23. The van der Waals surface area contributed by atoms with E-state index < -0.39 is 0 Å². The van der Waals surface area contributed by atoms with E-state index >= 15 is 0 Å². The smallest absolute Gasteiger partial charge is 0.333 e. The van der Waals surface area contributed by atoms with Gasteiger partial charge in [-0.25, -0.2) is 4.79 Å². The van der Waals surface area contributed by atoms with E-state index in [4.69, 9.17) is 0 Å². The Labute approximate surface area is 189 Å². The van der Waals surface area contributed by atoms with Crippen LogP contribution in [0.2, 0.25) is 0 Å². The molecular weight excluding hydrogens is 400 g/mol. The van der Waals surface area contributed by atoms with Gasteiger partial charge >= 0.3 is 6.03 Å². The third-order valence-electron chi connectivity index (χ3n) is 6.83. The molecule has 2 aromatic heterocycles. The molecule has 7 heteroatoms. The third-order valence-corrected chi connectivity index (χ3v) is 6.83. The van der Waals surface area contributed by atoms with Crippen LogP contribution in [0.25, 0.3) is 22.0 Å². The minimum atomic E-state index is -0.144. The van der Waals surface area contributed by atoms with Gasteiger partial charge in [-0.1, -0.05) is 6.07 Å². The lowest BCUT2D eigenvalue weighted by Crippen LogP contribution is -2.47. The predicted octanol–water partition coefficient (Wildman–Crippen LogP) is 3.73. The molecule has 32 heavy (non-hydrogen) atoms. The number of carbonyl (C=O) groups is 1. The molecule has 5 rings (SSSR count). The van der Waals surface area contributed by atoms with Crippen molar-refractivity contribution in [1.82, 2.24) is 29.9 Å². The van der Waals surface area contributed by atoms with Crippen molar-refractivity contribution in [3.63, 3.8) is 0 Å². The molecule has 1 aromatic carbocycles. The Hall–Kier alpha value is -2.77. The molecule has 0 saturated carbocycles. The molecule has 2 saturated heterocycles. The number of nitrogens with one attached hydrogen (secondary N) is 1. The van der Waals surface area contributed by atoms with Gasteiger partial charge in [0.15, 0.2) is 0 Å². The Morgan fingerprint density at radius 1 is 1.06 bits per heavy atom. The fraction of sp³-hybridized carbons (Fsp3) is 0.480. The van der Waals surface area contributed by atoms with Crippen molar-refractivity contribution in [2.45, 2.75) is 51.7 Å². The second-order valence-electron chi connectivity index (χ2n) is 9.40. The maximum absolute atomic E-state index is 12.9. The lowest BCUT2D eigenvalue weighted by Gasteiger charge is -2.34. The number of aromatic nitrogens is 3. The van der Waals surface area contributed by atoms with E-state index in [1.54, 1.807) is 6.20 Å². The maximum Gasteiger partial charge on any atom is 0.342 e. The van der Waals surface area contributed by atoms with Crippen LogP contribution in [0.5, 0.6) is 0 Å². The summed E-state index contributed by atoms with van der Waals surface area (Å²) < 4.78 is 1.49. The Balaban J connectivity index is 1.29. The van der Waals surface area contributed by atoms with E-state index in [0.717, 1.165) is 54.5 Å². The van der Waals surface area contributed by atoms with Gasteiger partial charge in [-0.05, 0) is 75.5 Å². The zero-order chi connectivity index (χ0) is 22.1. The summed E-state index contributed by atoms with van der Waals surface area (Å²) in [7, 11) is 0. The molecule has 0 radical (unpaired) electrons. The SMILES string of the molecule is CC(C)N1CCC(NC(=O)n2ncc3cc(-c4cncc(CN5CCC5)c4)ccc32)CC1. The molecular formula is C25H32N6O. The number of pyridine rings is 1. The summed E-state index contributed by atoms with van der Waals surface area (Å²) in [6.07, 6.45) is 8.88. The number of hydrogen-bond donors (Lipinski definition) is 1. The number of piperidine rings is 1. The minimum Gasteiger partial charge on any atom is -0.333 e. The molecule has 168 valence electrons. The summed E-state index contributed by atoms with van der Waals surface area (Å²) >= 11 is 0. The van der Waals surface area contributed by atoms with Gasteiger partial charge in [0, 0.05) is 55.1 Å². The molecule has 2 aliphatic heterocycles. The van der Waals surface area contributed by atoms with Crippen LogP contribution >= 0.6 is 0 Å². The number of carbonyl (C=O) groups excluding carboxylic acids is 1. The fourth-order valence-electron chi connectivity index (χ4n) is 4.70. The third kappa shape index (κ3) is 4.40. The molecule has 0 aliphatic carbocycles. The molecule has 1 N–H and O–H groups in total. The van der Waals surface area contributed by atoms with Gasteiger partial charge in [0.25, 0.3) is 0 Å². The highest BCUT2D eigenvalue weighted by molar-refractivity contribution is 5.92. The standard InChI is InChI=1S/C25H32N6O/c1-18(2)30-10-6-23(7-11-30)28-25(32)31-24-5-4-20(13-22(24)16-27-31)21-12-19(14-26-15-21)17-29-8-3-9-29/h4-5,12-16,18,23H,3,6-11,17H2,1-2H3,(H,28,32). The first-order valence-corrected chi connectivity index (χ1v) is 11.8. The highest BCUT2D eigenvalue weighted by Crippen LogP contribution is 2.25. The largest absolute Gasteiger partial charge is 0.342 e. The van der Waals surface area contributed by atoms with Gasteiger partial charge in [0.1, 0.15) is 0 Å². The van der Waals surface area contributed by atoms with Gasteiger partial charge in [0.2, 0.25) is 0 Å². The van der Waals surface area contributed by atoms with E-state index in [2.05, 4.69) is 57.2 Å². The number of amides is 1. The van der Waals surface area contributed by atoms with E-state index in [1.807, 2.05) is 18.5 Å². The first-order chi connectivity index (χ1) is 15.6. The number of benzene rings is 1. The van der Waals surface area contributed by atoms with Crippen LogP contribution in [0.3, 0.4) is 0 Å². The summed E-state index contributed by atoms with van der Waals surface area (Å²) in [4.78, 5) is 22.2. The summed E-state index contributed by atoms with van der Waals surface area (Å²) in [5, 5.41) is 8.52. The zero-order valence-electron chi connectivity index (χ0n) is 19.0. The van der Waals surface area contributed by atoms with Gasteiger partial charge in [-0.2, -0.15) is 9.78 Å². The Morgan fingerprint density at radius 2 is 1.88 bits per heavy atom. The quantitative estimate of drug-likeness (QED) is 0.665. The Kier molecular flexibility index (Phi) is 5.93. The highest BCUT2D eigenvalue weighted by atomic mass is 16.2. The molecule has 7 nitrogen and oxygen atoms in total. The van der Waals surface area contributed by atoms with E-state index in [1.165, 1.54) is 29.8 Å². The lowest BCUT2D eigenvalue weighted by molar-refractivity contribution is 0.161. The summed E-state index contributed by atoms with van der Waals surface area (Å²) in [5.74, 6) is 0. The number of likely N-dealkylation sites (tertiary alicyclic amines) is 2. The van der Waals surface area contributed by atoms with E-state index in [-0.39, 0.29) is 12.1 Å². The number of hydrogen-bond acceptors (Lipinski definition) is 5. The van der Waals surface area contributed by atoms with Crippen molar-refractivity contribution in [1.29, 1.82) is 0 Å². The van der Waals surface area contributed by atoms with Crippen LogP contribution in [-0.2, 0) is 6.54 Å². The van der Waals surface area contributed by atoms with Crippen molar-refractivity contribution in [2.24, 2.45) is 0 Å². The van der Waals surface area contributed by atoms with Crippen LogP contribution in [-0.4, -0.2) is 68.9 Å². The number of rotatable bonds is 5. The van der Waals surface area contributed by atoms with Crippen molar-refractivity contribution in [2.75, 3.05) is 26.2 Å². The topological polar surface area (TPSA) is 66.3 Å². The van der Waals surface area contributed by atoms with Crippen molar-refractivity contribution in [3.05, 3.63) is 48.4 Å². The molecule has 2 fully saturated rings. The molecule has 1 amide bonds. The van der Waals surface area contributed by atoms with Crippen LogP contribution < -0.4 is 5.32 Å². The van der Waals surface area contributed by atoms with Crippen molar-refractivity contribution < 1.29 is 4.79 Å². The predicted molar refractivity (Wildman–Crippen MR) is 127 cm³/mol. The second kappa shape index (κ2) is 9.00. The van der Waals surface area contributed by atoms with Crippen LogP contribution in [0.4, 0.5) is 4.79 Å². The molecule has 0 bridgehead atoms. The Bertz CT molecular complexity index is 1090. The summed E-state index contributed by atoms with van der Waals surface area (Å²) in [5.41, 5.74) is 4.26. The molecule has 2 aliphatic rings. The van der Waals surface area contributed by atoms with E-state index in [0.29, 0.717) is 6.04 Å².